The summed E-state index contributed by atoms with van der Waals surface area (Å²) in [5.74, 6) is -23.1. The third-order valence-electron chi connectivity index (χ3n) is 22.7. The average molecular weight is 1970 g/mol. The van der Waals surface area contributed by atoms with Crippen molar-refractivity contribution < 1.29 is 127 Å². The van der Waals surface area contributed by atoms with Gasteiger partial charge in [0, 0.05) is 84.4 Å². The number of thiol groups is 2. The summed E-state index contributed by atoms with van der Waals surface area (Å²) >= 11 is 8.59. The molecule has 8 rings (SSSR count). The van der Waals surface area contributed by atoms with Gasteiger partial charge in [0.25, 0.3) is 0 Å². The Morgan fingerprint density at radius 1 is 0.381 bits per heavy atom. The van der Waals surface area contributed by atoms with Gasteiger partial charge >= 0.3 is 17.9 Å². The van der Waals surface area contributed by atoms with E-state index in [1.54, 1.807) is 82.4 Å². The number of nitrogens with one attached hydrogen (secondary N) is 16. The summed E-state index contributed by atoms with van der Waals surface area (Å²) in [6.07, 6.45) is -4.66. The summed E-state index contributed by atoms with van der Waals surface area (Å²) in [7, 11) is 0. The van der Waals surface area contributed by atoms with Crippen molar-refractivity contribution in [2.24, 2.45) is 17.6 Å². The van der Waals surface area contributed by atoms with E-state index >= 15 is 19.2 Å². The number of aliphatic hydroxyl groups excluding tert-OH is 2. The number of hydrogen-bond donors (Lipinski definition) is 27. The number of phenols is 3. The van der Waals surface area contributed by atoms with Crippen LogP contribution < -0.4 is 80.2 Å². The number of rotatable bonds is 52. The number of nitrogens with zero attached hydrogens (tertiary/aromatic N) is 1. The molecule has 15 amide bonds. The first kappa shape index (κ1) is 110. The van der Waals surface area contributed by atoms with Crippen LogP contribution in [-0.2, 0) is 118 Å². The zero-order valence-electron chi connectivity index (χ0n) is 77.1. The highest BCUT2D eigenvalue weighted by Gasteiger charge is 2.44. The minimum atomic E-state index is -2.09. The second kappa shape index (κ2) is 52.2. The van der Waals surface area contributed by atoms with Gasteiger partial charge in [0.15, 0.2) is 0 Å². The highest BCUT2D eigenvalue weighted by atomic mass is 32.1. The second-order valence-corrected chi connectivity index (χ2v) is 35.4. The molecule has 0 aliphatic carbocycles. The largest absolute Gasteiger partial charge is 0.508 e. The number of carboxylic acid groups (broad SMARTS) is 3. The van der Waals surface area contributed by atoms with Gasteiger partial charge in [-0.25, -0.2) is 0 Å². The number of aromatic nitrogens is 2. The van der Waals surface area contributed by atoms with Crippen LogP contribution >= 0.6 is 25.3 Å². The number of aliphatic carboxylic acids is 3. The predicted molar refractivity (Wildman–Crippen MR) is 508 cm³/mol. The molecule has 2 aromatic heterocycles. The zero-order valence-corrected chi connectivity index (χ0v) is 78.9. The lowest BCUT2D eigenvalue weighted by Gasteiger charge is -2.31. The Morgan fingerprint density at radius 2 is 0.698 bits per heavy atom. The summed E-state index contributed by atoms with van der Waals surface area (Å²) < 4.78 is 0. The van der Waals surface area contributed by atoms with Crippen molar-refractivity contribution in [2.75, 3.05) is 24.6 Å². The first-order valence-corrected chi connectivity index (χ1v) is 46.0. The smallest absolute Gasteiger partial charge is 0.325 e. The predicted octanol–water partition coefficient (Wildman–Crippen LogP) is -2.22. The van der Waals surface area contributed by atoms with Gasteiger partial charge in [0.2, 0.25) is 88.6 Å². The van der Waals surface area contributed by atoms with E-state index in [0.29, 0.717) is 38.5 Å². The first-order valence-electron chi connectivity index (χ1n) is 44.8. The van der Waals surface area contributed by atoms with Crippen molar-refractivity contribution in [3.8, 4) is 17.2 Å². The Kier molecular flexibility index (Phi) is 41.3. The summed E-state index contributed by atoms with van der Waals surface area (Å²) in [5, 5.41) is 118. The molecular weight excluding hydrogens is 1850 g/mol. The van der Waals surface area contributed by atoms with Crippen LogP contribution in [0.4, 0.5) is 0 Å². The number of H-pyrrole nitrogens is 2. The van der Waals surface area contributed by atoms with Crippen LogP contribution in [0, 0.1) is 11.8 Å². The Bertz CT molecular complexity index is 5550. The number of aromatic amines is 2. The van der Waals surface area contributed by atoms with E-state index in [1.807, 2.05) is 0 Å². The summed E-state index contributed by atoms with van der Waals surface area (Å²) in [6.45, 7) is 9.31. The van der Waals surface area contributed by atoms with Gasteiger partial charge in [-0.2, -0.15) is 25.3 Å². The summed E-state index contributed by atoms with van der Waals surface area (Å²) in [6, 6.07) is 4.49. The van der Waals surface area contributed by atoms with Crippen LogP contribution in [0.3, 0.4) is 0 Å². The van der Waals surface area contributed by atoms with Gasteiger partial charge in [0.1, 0.15) is 108 Å². The zero-order chi connectivity index (χ0) is 102. The van der Waals surface area contributed by atoms with Crippen molar-refractivity contribution in [2.45, 2.75) is 222 Å². The maximum absolute atomic E-state index is 15.2. The molecule has 1 aliphatic heterocycles. The lowest BCUT2D eigenvalue weighted by molar-refractivity contribution is -0.146. The van der Waals surface area contributed by atoms with Gasteiger partial charge in [-0.3, -0.25) is 86.3 Å². The first-order chi connectivity index (χ1) is 65.8. The molecule has 0 radical (unpaired) electrons. The van der Waals surface area contributed by atoms with Crippen molar-refractivity contribution >= 4 is 154 Å². The van der Waals surface area contributed by atoms with Crippen molar-refractivity contribution in [3.05, 3.63) is 162 Å². The lowest BCUT2D eigenvalue weighted by atomic mass is 10.00. The molecule has 0 spiro atoms. The van der Waals surface area contributed by atoms with E-state index in [0.717, 1.165) is 25.7 Å². The minimum absolute atomic E-state index is 0.0808. The second-order valence-electron chi connectivity index (χ2n) is 34.7. The van der Waals surface area contributed by atoms with E-state index in [1.165, 1.54) is 79.0 Å². The fraction of sp³-hybridized carbons (Fsp3) is 0.441. The van der Waals surface area contributed by atoms with Gasteiger partial charge in [-0.1, -0.05) is 100 Å². The van der Waals surface area contributed by atoms with Crippen molar-refractivity contribution in [3.63, 3.8) is 0 Å². The number of carboxylic acids is 3. The maximum Gasteiger partial charge on any atom is 0.325 e. The standard InChI is InChI=1S/C93H120N18O26S2/c1-45(2)31-62(79(122)107-71(43-138)87(130)100-63(32-46(3)4)85(128)109-77(48(6)112)90(133)97-47(5)93(136)137)99-84(127)69(38-75(118)119)103-81(124)65(34-51-20-26-56(115)27-21-51)101-82(125)66(35-52-22-28-57(116)29-23-52)105-91(134)78(49(7)113)110-86(129)68(37-54-42-96-61-16-11-9-14-59(54)61)104-89(132)73-17-12-30-111(73)92(135)70(39-76(120)121)106-88(131)72(44-139)108-83(126)67(36-53-41-95-60-15-10-8-13-58(53)60)102-80(123)64(98-74(117)40-94)33-50-18-24-55(114)25-19-50/h8-11,13-16,18-29,41-42,45-49,62-73,77-78,95-96,112-116,138-139H,12,17,30-40,43-44,94H2,1-7H3,(H,97,133)(H,98,117)(H,99,127)(H,100,130)(H,101,125)(H,102,123)(H,103,124)(H,104,132)(H,105,134)(H,106,131)(H,107,122)(H,108,126)(H,109,128)(H,110,129)(H,118,119)(H,120,121)(H,136,137)/t47-,48+,49+,62-,63-,64-,65-,66-,67-,68-,69-,70-,71-,72-,73-,77-,78-/m0/s1. The quantitative estimate of drug-likeness (QED) is 0.0180. The normalized spacial score (nSPS) is 15.9. The monoisotopic (exact) mass is 1970 g/mol. The van der Waals surface area contributed by atoms with Gasteiger partial charge < -0.3 is 136 Å². The number of para-hydroxylation sites is 2. The molecule has 750 valence electrons. The highest BCUT2D eigenvalue weighted by molar-refractivity contribution is 7.80. The van der Waals surface area contributed by atoms with E-state index in [2.05, 4.69) is 110 Å². The molecule has 17 atom stereocenters. The van der Waals surface area contributed by atoms with E-state index in [-0.39, 0.29) is 85.8 Å². The number of phenolic OH excluding ortho intramolecular Hbond substituents is 3. The fourth-order valence-electron chi connectivity index (χ4n) is 15.4. The molecule has 7 aromatic rings. The van der Waals surface area contributed by atoms with Gasteiger partial charge in [-0.05, 0) is 135 Å². The fourth-order valence-corrected chi connectivity index (χ4v) is 15.9. The number of amides is 15. The van der Waals surface area contributed by atoms with E-state index in [9.17, 15) is 108 Å². The summed E-state index contributed by atoms with van der Waals surface area (Å²) in [5.41, 5.74) is 8.72. The third-order valence-corrected chi connectivity index (χ3v) is 23.4. The molecule has 46 heteroatoms. The number of carbonyl (C=O) groups is 18. The molecule has 1 fully saturated rings. The number of carbonyl (C=O) groups excluding carboxylic acids is 15. The van der Waals surface area contributed by atoms with Crippen LogP contribution in [0.5, 0.6) is 17.2 Å². The molecule has 1 saturated heterocycles. The molecule has 26 N–H and O–H groups in total. The number of fused-ring (bicyclic) bond motifs is 2. The molecular formula is C93H120N18O26S2. The topological polar surface area (TPSA) is 698 Å². The SMILES string of the molecule is CC(C)C[C@H](NC(=O)[C@H](CC(=O)O)NC(=O)[C@H](Cc1ccc(O)cc1)NC(=O)[C@H](Cc1ccc(O)cc1)NC(=O)[C@@H](NC(=O)[C@H](Cc1c[nH]c2ccccc12)NC(=O)[C@@H]1CCCN1C(=O)[C@H](CC(=O)O)NC(=O)[C@H](CS)NC(=O)[C@H](Cc1c[nH]c2ccccc12)NC(=O)[C@H](Cc1ccc(O)cc1)NC(=O)CN)[C@@H](C)O)C(=O)N[C@@H](CS)C(=O)N[C@@H](CC(C)C)C(=O)N[C@H](C(=O)N[C@@H](C)C(=O)O)[C@@H](C)O. The number of hydrogen-bond acceptors (Lipinski definition) is 26. The van der Waals surface area contributed by atoms with Crippen LogP contribution in [0.2, 0.25) is 0 Å². The number of nitrogens with two attached hydrogens (primary N) is 1. The highest BCUT2D eigenvalue weighted by Crippen LogP contribution is 2.26. The third kappa shape index (κ3) is 32.9. The number of benzene rings is 5. The summed E-state index contributed by atoms with van der Waals surface area (Å²) in [4.78, 5) is 261. The Balaban J connectivity index is 1.01. The van der Waals surface area contributed by atoms with Gasteiger partial charge in [-0.15, -0.1) is 0 Å². The Labute approximate surface area is 808 Å². The molecule has 0 unspecified atom stereocenters. The molecule has 44 nitrogen and oxygen atoms in total. The maximum atomic E-state index is 15.2. The average Bonchev–Trinajstić information content (AvgIpc) is 1.71. The number of aliphatic hydroxyl groups is 2. The Hall–Kier alpha value is -14.4. The van der Waals surface area contributed by atoms with Crippen LogP contribution in [0.25, 0.3) is 21.8 Å². The molecule has 139 heavy (non-hydrogen) atoms. The number of likely N-dealkylation sites (tertiary alicyclic amines) is 1. The minimum Gasteiger partial charge on any atom is -0.508 e. The molecule has 5 aromatic carbocycles. The molecule has 3 heterocycles. The number of aromatic hydroxyl groups is 3. The Morgan fingerprint density at radius 3 is 1.09 bits per heavy atom. The lowest BCUT2D eigenvalue weighted by Crippen LogP contribution is -2.63. The molecule has 0 bridgehead atoms. The molecule has 0 saturated carbocycles. The molecule has 1 aliphatic rings. The van der Waals surface area contributed by atoms with Crippen molar-refractivity contribution in [1.82, 2.24) is 89.3 Å². The van der Waals surface area contributed by atoms with Gasteiger partial charge in [0.05, 0.1) is 31.6 Å². The van der Waals surface area contributed by atoms with E-state index in [4.69, 9.17) is 5.73 Å². The van der Waals surface area contributed by atoms with Crippen LogP contribution in [0.1, 0.15) is 115 Å². The van der Waals surface area contributed by atoms with Crippen molar-refractivity contribution in [1.29, 1.82) is 0 Å². The van der Waals surface area contributed by atoms with Crippen LogP contribution in [0.15, 0.2) is 134 Å². The van der Waals surface area contributed by atoms with E-state index < -0.39 is 259 Å². The van der Waals surface area contributed by atoms with Crippen LogP contribution in [-0.4, -0.2) is 290 Å².